The van der Waals surface area contributed by atoms with Gasteiger partial charge in [0, 0.05) is 10.7 Å². The molecule has 0 aromatic heterocycles. The van der Waals surface area contributed by atoms with Gasteiger partial charge in [-0.3, -0.25) is 0 Å². The molecule has 1 aromatic rings. The third kappa shape index (κ3) is 2.11. The van der Waals surface area contributed by atoms with E-state index in [-0.39, 0.29) is 5.75 Å². The van der Waals surface area contributed by atoms with Crippen LogP contribution in [0.25, 0.3) is 0 Å². The molecule has 1 fully saturated rings. The van der Waals surface area contributed by atoms with Crippen molar-refractivity contribution in [1.29, 1.82) is 0 Å². The fourth-order valence-electron chi connectivity index (χ4n) is 1.68. The molecule has 0 spiro atoms. The lowest BCUT2D eigenvalue weighted by Gasteiger charge is -2.10. The van der Waals surface area contributed by atoms with E-state index in [1.807, 2.05) is 0 Å². The van der Waals surface area contributed by atoms with Crippen molar-refractivity contribution in [2.75, 3.05) is 0 Å². The maximum absolute atomic E-state index is 11.3. The summed E-state index contributed by atoms with van der Waals surface area (Å²) in [6.07, 6.45) is 1.59. The van der Waals surface area contributed by atoms with Crippen LogP contribution in [-0.2, 0) is 15.5 Å². The van der Waals surface area contributed by atoms with Crippen LogP contribution in [0.4, 0.5) is 0 Å². The van der Waals surface area contributed by atoms with Gasteiger partial charge in [0.05, 0.1) is 4.75 Å². The topological polar surface area (TPSA) is 54.4 Å². The second kappa shape index (κ2) is 3.39. The maximum atomic E-state index is 11.3. The molecule has 0 saturated heterocycles. The average molecular weight is 247 g/mol. The number of aromatic hydroxyl groups is 1. The Bertz CT molecular complexity index is 477. The summed E-state index contributed by atoms with van der Waals surface area (Å²) in [5.41, 5.74) is 0.803. The van der Waals surface area contributed by atoms with Gasteiger partial charge in [0.15, 0.2) is 0 Å². The molecule has 2 rings (SSSR count). The Kier molecular flexibility index (Phi) is 2.43. The van der Waals surface area contributed by atoms with Gasteiger partial charge in [-0.15, -0.1) is 0 Å². The zero-order chi connectivity index (χ0) is 11.1. The summed E-state index contributed by atoms with van der Waals surface area (Å²) in [4.78, 5) is 0. The van der Waals surface area contributed by atoms with E-state index in [0.717, 1.165) is 5.56 Å². The number of phenolic OH excluding ortho intramolecular Hbond substituents is 1. The predicted octanol–water partition coefficient (Wildman–Crippen LogP) is 2.04. The van der Waals surface area contributed by atoms with Crippen LogP contribution in [0.1, 0.15) is 18.4 Å². The summed E-state index contributed by atoms with van der Waals surface area (Å²) in [6, 6.07) is 6.61. The minimum absolute atomic E-state index is 0.148. The van der Waals surface area contributed by atoms with Crippen LogP contribution >= 0.6 is 10.7 Å². The number of rotatable bonds is 3. The van der Waals surface area contributed by atoms with Gasteiger partial charge in [0.25, 0.3) is 0 Å². The Balaban J connectivity index is 2.24. The third-order valence-corrected chi connectivity index (χ3v) is 5.33. The van der Waals surface area contributed by atoms with Crippen LogP contribution in [0.15, 0.2) is 24.3 Å². The molecule has 0 heterocycles. The molecule has 3 nitrogen and oxygen atoms in total. The minimum Gasteiger partial charge on any atom is -0.508 e. The van der Waals surface area contributed by atoms with Crippen molar-refractivity contribution in [2.24, 2.45) is 0 Å². The van der Waals surface area contributed by atoms with Gasteiger partial charge in [-0.1, -0.05) is 12.1 Å². The minimum atomic E-state index is -3.51. The maximum Gasteiger partial charge on any atom is 0.238 e. The summed E-state index contributed by atoms with van der Waals surface area (Å²) in [6.45, 7) is 0. The molecule has 5 heteroatoms. The van der Waals surface area contributed by atoms with E-state index in [9.17, 15) is 13.5 Å². The summed E-state index contributed by atoms with van der Waals surface area (Å²) in [5, 5.41) is 9.25. The standard InChI is InChI=1S/C10H11ClO3S/c11-15(13,14)10(4-5-10)7-8-2-1-3-9(12)6-8/h1-3,6,12H,4-5,7H2. The van der Waals surface area contributed by atoms with Crippen molar-refractivity contribution in [3.8, 4) is 5.75 Å². The first kappa shape index (κ1) is 10.8. The molecule has 0 atom stereocenters. The van der Waals surface area contributed by atoms with E-state index in [1.165, 1.54) is 0 Å². The van der Waals surface area contributed by atoms with Crippen molar-refractivity contribution in [3.63, 3.8) is 0 Å². The Hall–Kier alpha value is -0.740. The molecule has 0 amide bonds. The van der Waals surface area contributed by atoms with Crippen LogP contribution < -0.4 is 0 Å². The van der Waals surface area contributed by atoms with E-state index < -0.39 is 13.8 Å². The highest BCUT2D eigenvalue weighted by Gasteiger charge is 2.53. The van der Waals surface area contributed by atoms with Gasteiger partial charge in [-0.05, 0) is 37.0 Å². The van der Waals surface area contributed by atoms with Gasteiger partial charge in [0.2, 0.25) is 9.05 Å². The lowest BCUT2D eigenvalue weighted by molar-refractivity contribution is 0.474. The van der Waals surface area contributed by atoms with Crippen LogP contribution in [0.5, 0.6) is 5.75 Å². The first-order valence-electron chi connectivity index (χ1n) is 4.65. The Morgan fingerprint density at radius 3 is 2.53 bits per heavy atom. The highest BCUT2D eigenvalue weighted by molar-refractivity contribution is 8.15. The molecule has 1 N–H and O–H groups in total. The molecule has 1 aromatic carbocycles. The SMILES string of the molecule is O=S(=O)(Cl)C1(Cc2cccc(O)c2)CC1. The Morgan fingerprint density at radius 2 is 2.07 bits per heavy atom. The molecule has 1 saturated carbocycles. The van der Waals surface area contributed by atoms with Crippen molar-refractivity contribution in [1.82, 2.24) is 0 Å². The van der Waals surface area contributed by atoms with E-state index in [4.69, 9.17) is 10.7 Å². The number of hydrogen-bond donors (Lipinski definition) is 1. The summed E-state index contributed by atoms with van der Waals surface area (Å²) < 4.78 is 21.8. The van der Waals surface area contributed by atoms with Gasteiger partial charge in [0.1, 0.15) is 5.75 Å². The molecule has 15 heavy (non-hydrogen) atoms. The predicted molar refractivity (Wildman–Crippen MR) is 58.5 cm³/mol. The van der Waals surface area contributed by atoms with Gasteiger partial charge >= 0.3 is 0 Å². The normalized spacial score (nSPS) is 18.7. The van der Waals surface area contributed by atoms with Crippen molar-refractivity contribution in [2.45, 2.75) is 24.0 Å². The van der Waals surface area contributed by atoms with Crippen molar-refractivity contribution in [3.05, 3.63) is 29.8 Å². The summed E-state index contributed by atoms with van der Waals surface area (Å²) >= 11 is 0. The zero-order valence-electron chi connectivity index (χ0n) is 7.98. The number of halogens is 1. The first-order valence-corrected chi connectivity index (χ1v) is 6.96. The fourth-order valence-corrected chi connectivity index (χ4v) is 3.24. The van der Waals surface area contributed by atoms with E-state index in [0.29, 0.717) is 19.3 Å². The smallest absolute Gasteiger partial charge is 0.238 e. The Labute approximate surface area is 93.1 Å². The van der Waals surface area contributed by atoms with E-state index in [2.05, 4.69) is 0 Å². The molecule has 82 valence electrons. The quantitative estimate of drug-likeness (QED) is 0.831. The molecule has 1 aliphatic rings. The van der Waals surface area contributed by atoms with E-state index in [1.54, 1.807) is 24.3 Å². The Morgan fingerprint density at radius 1 is 1.40 bits per heavy atom. The molecule has 0 bridgehead atoms. The number of phenols is 1. The lowest BCUT2D eigenvalue weighted by Crippen LogP contribution is -2.20. The molecular weight excluding hydrogens is 236 g/mol. The van der Waals surface area contributed by atoms with Gasteiger partial charge in [-0.2, -0.15) is 0 Å². The summed E-state index contributed by atoms with van der Waals surface area (Å²) in [5.74, 6) is 0.148. The molecular formula is C10H11ClO3S. The van der Waals surface area contributed by atoms with Gasteiger partial charge < -0.3 is 5.11 Å². The lowest BCUT2D eigenvalue weighted by atomic mass is 10.1. The highest BCUT2D eigenvalue weighted by atomic mass is 35.7. The number of benzene rings is 1. The fraction of sp³-hybridized carbons (Fsp3) is 0.400. The second-order valence-corrected chi connectivity index (χ2v) is 6.93. The third-order valence-electron chi connectivity index (χ3n) is 2.76. The van der Waals surface area contributed by atoms with Gasteiger partial charge in [-0.25, -0.2) is 8.42 Å². The van der Waals surface area contributed by atoms with Crippen molar-refractivity contribution >= 4 is 19.7 Å². The van der Waals surface area contributed by atoms with E-state index >= 15 is 0 Å². The van der Waals surface area contributed by atoms with Crippen LogP contribution in [0.2, 0.25) is 0 Å². The largest absolute Gasteiger partial charge is 0.508 e. The monoisotopic (exact) mass is 246 g/mol. The van der Waals surface area contributed by atoms with Crippen LogP contribution in [0, 0.1) is 0 Å². The zero-order valence-corrected chi connectivity index (χ0v) is 9.55. The second-order valence-electron chi connectivity index (χ2n) is 3.97. The average Bonchev–Trinajstić information content (AvgIpc) is 2.84. The molecule has 1 aliphatic carbocycles. The first-order chi connectivity index (χ1) is 6.93. The highest BCUT2D eigenvalue weighted by Crippen LogP contribution is 2.48. The van der Waals surface area contributed by atoms with Crippen molar-refractivity contribution < 1.29 is 13.5 Å². The summed E-state index contributed by atoms with van der Waals surface area (Å²) in [7, 11) is 1.88. The molecule has 0 radical (unpaired) electrons. The molecule has 0 unspecified atom stereocenters. The van der Waals surface area contributed by atoms with Crippen LogP contribution in [-0.4, -0.2) is 18.3 Å². The number of hydrogen-bond acceptors (Lipinski definition) is 3. The van der Waals surface area contributed by atoms with Crippen LogP contribution in [0.3, 0.4) is 0 Å². The molecule has 0 aliphatic heterocycles.